The maximum Gasteiger partial charge on any atom is 0.264 e. The molecule has 1 unspecified atom stereocenters. The summed E-state index contributed by atoms with van der Waals surface area (Å²) in [6.45, 7) is 1.98. The molecule has 1 aromatic carbocycles. The maximum atomic E-state index is 12.1. The van der Waals surface area contributed by atoms with Crippen LogP contribution in [-0.2, 0) is 22.9 Å². The molecule has 1 aliphatic carbocycles. The lowest BCUT2D eigenvalue weighted by Gasteiger charge is -2.12. The molecule has 0 bridgehead atoms. The predicted octanol–water partition coefficient (Wildman–Crippen LogP) is 1.62. The van der Waals surface area contributed by atoms with Crippen molar-refractivity contribution in [3.8, 4) is 11.3 Å². The van der Waals surface area contributed by atoms with Gasteiger partial charge in [-0.15, -0.1) is 0 Å². The van der Waals surface area contributed by atoms with Crippen molar-refractivity contribution in [2.24, 2.45) is 0 Å². The number of sulfonamides is 1. The first-order chi connectivity index (χ1) is 11.5. The van der Waals surface area contributed by atoms with Gasteiger partial charge in [-0.3, -0.25) is 4.79 Å². The fraction of sp³-hybridized carbons (Fsp3) is 0.412. The van der Waals surface area contributed by atoms with Crippen LogP contribution in [0.4, 0.5) is 0 Å². The molecule has 0 radical (unpaired) electrons. The number of hydrogen-bond donors (Lipinski definition) is 2. The smallest absolute Gasteiger partial charge is 0.264 e. The second-order valence-corrected chi connectivity index (χ2v) is 8.06. The van der Waals surface area contributed by atoms with Crippen LogP contribution >= 0.6 is 0 Å². The zero-order valence-corrected chi connectivity index (χ0v) is 14.4. The van der Waals surface area contributed by atoms with E-state index in [0.29, 0.717) is 25.0 Å². The van der Waals surface area contributed by atoms with Gasteiger partial charge in [0.15, 0.2) is 0 Å². The molecule has 0 fully saturated rings. The summed E-state index contributed by atoms with van der Waals surface area (Å²) < 4.78 is 26.9. The van der Waals surface area contributed by atoms with Crippen molar-refractivity contribution < 1.29 is 8.42 Å². The van der Waals surface area contributed by atoms with E-state index in [1.807, 2.05) is 25.1 Å². The van der Waals surface area contributed by atoms with Gasteiger partial charge in [0.05, 0.1) is 11.4 Å². The second-order valence-electron chi connectivity index (χ2n) is 6.19. The lowest BCUT2D eigenvalue weighted by atomic mass is 10.0. The normalized spacial score (nSPS) is 17.0. The summed E-state index contributed by atoms with van der Waals surface area (Å²) in [7, 11) is -3.21. The van der Waals surface area contributed by atoms with Crippen LogP contribution in [0, 0.1) is 0 Å². The number of aromatic amines is 1. The van der Waals surface area contributed by atoms with Gasteiger partial charge in [-0.25, -0.2) is 18.2 Å². The molecule has 0 aliphatic heterocycles. The van der Waals surface area contributed by atoms with Crippen molar-refractivity contribution in [1.29, 1.82) is 0 Å². The highest BCUT2D eigenvalue weighted by Crippen LogP contribution is 2.27. The Morgan fingerprint density at radius 3 is 2.71 bits per heavy atom. The molecule has 7 heteroatoms. The minimum absolute atomic E-state index is 0.0827. The van der Waals surface area contributed by atoms with E-state index in [9.17, 15) is 13.2 Å². The largest absolute Gasteiger partial charge is 0.268 e. The van der Waals surface area contributed by atoms with E-state index < -0.39 is 10.0 Å². The first kappa shape index (κ1) is 16.9. The SMILES string of the molecule is CCCCS(=O)(=O)NC1Cc2ccc(-c3ccc(=O)[nH]n3)cc2C1. The molecule has 0 amide bonds. The molecule has 1 heterocycles. The summed E-state index contributed by atoms with van der Waals surface area (Å²) in [4.78, 5) is 11.1. The van der Waals surface area contributed by atoms with Gasteiger partial charge in [0.1, 0.15) is 0 Å². The van der Waals surface area contributed by atoms with Crippen molar-refractivity contribution in [2.45, 2.75) is 38.6 Å². The molecule has 2 N–H and O–H groups in total. The Labute approximate surface area is 141 Å². The van der Waals surface area contributed by atoms with Gasteiger partial charge in [-0.1, -0.05) is 25.5 Å². The van der Waals surface area contributed by atoms with Crippen LogP contribution in [0.1, 0.15) is 30.9 Å². The van der Waals surface area contributed by atoms with Crippen molar-refractivity contribution in [1.82, 2.24) is 14.9 Å². The summed E-state index contributed by atoms with van der Waals surface area (Å²) in [5.41, 5.74) is 3.67. The van der Waals surface area contributed by atoms with E-state index in [0.717, 1.165) is 23.1 Å². The van der Waals surface area contributed by atoms with Gasteiger partial charge in [0.25, 0.3) is 5.56 Å². The van der Waals surface area contributed by atoms with Crippen LogP contribution in [0.15, 0.2) is 35.1 Å². The fourth-order valence-electron chi connectivity index (χ4n) is 3.01. The molecule has 1 aromatic heterocycles. The number of benzene rings is 1. The van der Waals surface area contributed by atoms with E-state index in [2.05, 4.69) is 14.9 Å². The summed E-state index contributed by atoms with van der Waals surface area (Å²) in [6, 6.07) is 9.03. The molecule has 1 atom stereocenters. The Hall–Kier alpha value is -1.99. The van der Waals surface area contributed by atoms with Crippen molar-refractivity contribution in [3.63, 3.8) is 0 Å². The average molecular weight is 347 g/mol. The highest BCUT2D eigenvalue weighted by Gasteiger charge is 2.25. The molecule has 0 saturated carbocycles. The van der Waals surface area contributed by atoms with Crippen LogP contribution in [-0.4, -0.2) is 30.4 Å². The number of hydrogen-bond acceptors (Lipinski definition) is 4. The summed E-state index contributed by atoms with van der Waals surface area (Å²) in [5, 5.41) is 6.47. The Morgan fingerprint density at radius 1 is 1.21 bits per heavy atom. The first-order valence-corrected chi connectivity index (χ1v) is 9.80. The monoisotopic (exact) mass is 347 g/mol. The molecule has 128 valence electrons. The van der Waals surface area contributed by atoms with E-state index in [-0.39, 0.29) is 17.4 Å². The molecular weight excluding hydrogens is 326 g/mol. The lowest BCUT2D eigenvalue weighted by Crippen LogP contribution is -2.36. The number of rotatable bonds is 6. The molecule has 24 heavy (non-hydrogen) atoms. The minimum atomic E-state index is -3.21. The van der Waals surface area contributed by atoms with E-state index in [1.54, 1.807) is 6.07 Å². The quantitative estimate of drug-likeness (QED) is 0.831. The summed E-state index contributed by atoms with van der Waals surface area (Å²) in [5.74, 6) is 0.183. The zero-order chi connectivity index (χ0) is 17.2. The van der Waals surface area contributed by atoms with Gasteiger partial charge >= 0.3 is 0 Å². The minimum Gasteiger partial charge on any atom is -0.268 e. The van der Waals surface area contributed by atoms with Gasteiger partial charge in [-0.05, 0) is 42.5 Å². The molecule has 6 nitrogen and oxygen atoms in total. The molecule has 3 rings (SSSR count). The Kier molecular flexibility index (Phi) is 4.82. The van der Waals surface area contributed by atoms with Gasteiger partial charge in [0, 0.05) is 17.7 Å². The fourth-order valence-corrected chi connectivity index (χ4v) is 4.47. The third-order valence-electron chi connectivity index (χ3n) is 4.23. The zero-order valence-electron chi connectivity index (χ0n) is 13.6. The highest BCUT2D eigenvalue weighted by molar-refractivity contribution is 7.89. The Bertz CT molecular complexity index is 870. The summed E-state index contributed by atoms with van der Waals surface area (Å²) in [6.07, 6.45) is 2.93. The van der Waals surface area contributed by atoms with Crippen molar-refractivity contribution >= 4 is 10.0 Å². The third kappa shape index (κ3) is 3.91. The maximum absolute atomic E-state index is 12.1. The number of nitrogens with zero attached hydrogens (tertiary/aromatic N) is 1. The van der Waals surface area contributed by atoms with E-state index >= 15 is 0 Å². The number of H-pyrrole nitrogens is 1. The van der Waals surface area contributed by atoms with Gasteiger partial charge in [-0.2, -0.15) is 5.10 Å². The molecule has 1 aliphatic rings. The molecule has 0 saturated heterocycles. The Balaban J connectivity index is 1.74. The number of fused-ring (bicyclic) bond motifs is 1. The molecule has 0 spiro atoms. The van der Waals surface area contributed by atoms with E-state index in [1.165, 1.54) is 6.07 Å². The summed E-state index contributed by atoms with van der Waals surface area (Å²) >= 11 is 0. The van der Waals surface area contributed by atoms with Crippen LogP contribution in [0.3, 0.4) is 0 Å². The Morgan fingerprint density at radius 2 is 2.00 bits per heavy atom. The second kappa shape index (κ2) is 6.86. The van der Waals surface area contributed by atoms with Crippen LogP contribution in [0.5, 0.6) is 0 Å². The average Bonchev–Trinajstić information content (AvgIpc) is 2.94. The number of aromatic nitrogens is 2. The van der Waals surface area contributed by atoms with E-state index in [4.69, 9.17) is 0 Å². The lowest BCUT2D eigenvalue weighted by molar-refractivity contribution is 0.553. The molecular formula is C17H21N3O3S. The predicted molar refractivity (Wildman–Crippen MR) is 93.3 cm³/mol. The number of unbranched alkanes of at least 4 members (excludes halogenated alkanes) is 1. The number of nitrogens with one attached hydrogen (secondary N) is 2. The third-order valence-corrected chi connectivity index (χ3v) is 5.75. The first-order valence-electron chi connectivity index (χ1n) is 8.15. The van der Waals surface area contributed by atoms with Crippen LogP contribution in [0.25, 0.3) is 11.3 Å². The topological polar surface area (TPSA) is 91.9 Å². The van der Waals surface area contributed by atoms with Gasteiger partial charge in [0.2, 0.25) is 10.0 Å². The van der Waals surface area contributed by atoms with Crippen LogP contribution < -0.4 is 10.3 Å². The molecule has 2 aromatic rings. The standard InChI is InChI=1S/C17H21N3O3S/c1-2-3-8-24(22,23)20-15-10-12-4-5-13(9-14(12)11-15)16-6-7-17(21)19-18-16/h4-7,9,15,20H,2-3,8,10-11H2,1H3,(H,19,21). The highest BCUT2D eigenvalue weighted by atomic mass is 32.2. The van der Waals surface area contributed by atoms with Gasteiger partial charge < -0.3 is 0 Å². The van der Waals surface area contributed by atoms with Crippen molar-refractivity contribution in [3.05, 3.63) is 51.8 Å². The van der Waals surface area contributed by atoms with Crippen LogP contribution in [0.2, 0.25) is 0 Å². The van der Waals surface area contributed by atoms with Crippen molar-refractivity contribution in [2.75, 3.05) is 5.75 Å².